The van der Waals surface area contributed by atoms with Gasteiger partial charge >= 0.3 is 0 Å². The lowest BCUT2D eigenvalue weighted by Crippen LogP contribution is -2.32. The Hall–Kier alpha value is -2.69. The van der Waals surface area contributed by atoms with E-state index < -0.39 is 0 Å². The van der Waals surface area contributed by atoms with Crippen molar-refractivity contribution in [3.63, 3.8) is 0 Å². The number of pyridine rings is 1. The molecule has 3 aromatic rings. The van der Waals surface area contributed by atoms with Gasteiger partial charge in [-0.2, -0.15) is 5.10 Å². The maximum atomic E-state index is 13.1. The lowest BCUT2D eigenvalue weighted by atomic mass is 10.0. The minimum absolute atomic E-state index is 0.0269. The molecule has 1 aromatic carbocycles. The minimum atomic E-state index is -0.0269. The van der Waals surface area contributed by atoms with Gasteiger partial charge in [0.1, 0.15) is 0 Å². The van der Waals surface area contributed by atoms with Crippen LogP contribution in [-0.2, 0) is 6.42 Å². The Morgan fingerprint density at radius 1 is 1.26 bits per heavy atom. The van der Waals surface area contributed by atoms with Crippen LogP contribution in [0.15, 0.2) is 36.4 Å². The summed E-state index contributed by atoms with van der Waals surface area (Å²) in [5, 5.41) is 8.95. The molecular formula is C22H26N4O. The van der Waals surface area contributed by atoms with Gasteiger partial charge in [-0.15, -0.1) is 0 Å². The van der Waals surface area contributed by atoms with Gasteiger partial charge in [-0.3, -0.25) is 4.79 Å². The molecule has 5 nitrogen and oxygen atoms in total. The normalized spacial score (nSPS) is 15.1. The number of aryl methyl sites for hydroxylation is 1. The van der Waals surface area contributed by atoms with Gasteiger partial charge in [0, 0.05) is 17.7 Å². The number of nitrogens with one attached hydrogen (secondary N) is 1. The van der Waals surface area contributed by atoms with Gasteiger partial charge < -0.3 is 5.32 Å². The molecule has 27 heavy (non-hydrogen) atoms. The summed E-state index contributed by atoms with van der Waals surface area (Å²) >= 11 is 0. The van der Waals surface area contributed by atoms with Crippen LogP contribution < -0.4 is 5.32 Å². The molecule has 0 radical (unpaired) electrons. The summed E-state index contributed by atoms with van der Waals surface area (Å²) in [5.74, 6) is 0.405. The van der Waals surface area contributed by atoms with E-state index in [1.54, 1.807) is 0 Å². The van der Waals surface area contributed by atoms with Crippen LogP contribution in [-0.4, -0.2) is 26.7 Å². The van der Waals surface area contributed by atoms with Crippen molar-refractivity contribution >= 4 is 16.9 Å². The topological polar surface area (TPSA) is 59.8 Å². The average Bonchev–Trinajstić information content (AvgIpc) is 3.48. The zero-order valence-electron chi connectivity index (χ0n) is 16.2. The third kappa shape index (κ3) is 3.34. The number of amides is 1. The Kier molecular flexibility index (Phi) is 4.68. The highest BCUT2D eigenvalue weighted by atomic mass is 16.1. The van der Waals surface area contributed by atoms with E-state index in [1.165, 1.54) is 0 Å². The van der Waals surface area contributed by atoms with Crippen LogP contribution in [0.5, 0.6) is 0 Å². The average molecular weight is 362 g/mol. The SMILES string of the molecule is CCc1cc(C(=O)NC(C)CC)c2c(C3CC3)nn(-c3ccccc3)c2n1. The first-order valence-electron chi connectivity index (χ1n) is 9.91. The van der Waals surface area contributed by atoms with Gasteiger partial charge in [0.15, 0.2) is 5.65 Å². The number of para-hydroxylation sites is 1. The number of carbonyl (C=O) groups excluding carboxylic acids is 1. The number of hydrogen-bond acceptors (Lipinski definition) is 3. The Bertz CT molecular complexity index is 973. The maximum absolute atomic E-state index is 13.1. The number of benzene rings is 1. The summed E-state index contributed by atoms with van der Waals surface area (Å²) in [6.07, 6.45) is 3.93. The van der Waals surface area contributed by atoms with E-state index in [0.717, 1.165) is 53.8 Å². The molecule has 0 saturated heterocycles. The van der Waals surface area contributed by atoms with E-state index in [4.69, 9.17) is 10.1 Å². The fraction of sp³-hybridized carbons (Fsp3) is 0.409. The third-order valence-corrected chi connectivity index (χ3v) is 5.28. The van der Waals surface area contributed by atoms with E-state index in [9.17, 15) is 4.79 Å². The number of carbonyl (C=O) groups is 1. The Morgan fingerprint density at radius 3 is 2.63 bits per heavy atom. The maximum Gasteiger partial charge on any atom is 0.252 e. The predicted octanol–water partition coefficient (Wildman–Crippen LogP) is 4.39. The van der Waals surface area contributed by atoms with Crippen molar-refractivity contribution in [3.8, 4) is 5.69 Å². The second kappa shape index (κ2) is 7.14. The van der Waals surface area contributed by atoms with Crippen molar-refractivity contribution in [1.29, 1.82) is 0 Å². The molecule has 2 heterocycles. The Labute approximate surface area is 159 Å². The van der Waals surface area contributed by atoms with Gasteiger partial charge in [-0.25, -0.2) is 9.67 Å². The van der Waals surface area contributed by atoms with E-state index >= 15 is 0 Å². The van der Waals surface area contributed by atoms with Gasteiger partial charge in [0.05, 0.1) is 22.3 Å². The van der Waals surface area contributed by atoms with Crippen molar-refractivity contribution in [3.05, 3.63) is 53.3 Å². The molecule has 0 spiro atoms. The zero-order valence-corrected chi connectivity index (χ0v) is 16.2. The molecule has 0 aliphatic heterocycles. The molecule has 1 saturated carbocycles. The quantitative estimate of drug-likeness (QED) is 0.707. The van der Waals surface area contributed by atoms with E-state index in [1.807, 2.05) is 48.0 Å². The van der Waals surface area contributed by atoms with E-state index in [-0.39, 0.29) is 11.9 Å². The second-order valence-electron chi connectivity index (χ2n) is 7.40. The first-order chi connectivity index (χ1) is 13.1. The van der Waals surface area contributed by atoms with Crippen LogP contribution in [0.4, 0.5) is 0 Å². The van der Waals surface area contributed by atoms with Crippen molar-refractivity contribution in [2.24, 2.45) is 0 Å². The van der Waals surface area contributed by atoms with Gasteiger partial charge in [0.25, 0.3) is 5.91 Å². The summed E-state index contributed by atoms with van der Waals surface area (Å²) in [6.45, 7) is 6.18. The highest BCUT2D eigenvalue weighted by molar-refractivity contribution is 6.07. The van der Waals surface area contributed by atoms with Crippen molar-refractivity contribution < 1.29 is 4.79 Å². The summed E-state index contributed by atoms with van der Waals surface area (Å²) in [6, 6.07) is 12.1. The van der Waals surface area contributed by atoms with Crippen molar-refractivity contribution in [1.82, 2.24) is 20.1 Å². The molecule has 140 valence electrons. The Morgan fingerprint density at radius 2 is 2.00 bits per heavy atom. The molecule has 1 aliphatic carbocycles. The molecule has 0 bridgehead atoms. The fourth-order valence-corrected chi connectivity index (χ4v) is 3.35. The second-order valence-corrected chi connectivity index (χ2v) is 7.40. The third-order valence-electron chi connectivity index (χ3n) is 5.28. The molecule has 5 heteroatoms. The largest absolute Gasteiger partial charge is 0.350 e. The van der Waals surface area contributed by atoms with Crippen molar-refractivity contribution in [2.45, 2.75) is 58.4 Å². The molecule has 1 aliphatic rings. The zero-order chi connectivity index (χ0) is 19.0. The smallest absolute Gasteiger partial charge is 0.252 e. The van der Waals surface area contributed by atoms with Crippen LogP contribution in [0, 0.1) is 0 Å². The number of rotatable bonds is 6. The predicted molar refractivity (Wildman–Crippen MR) is 107 cm³/mol. The molecular weight excluding hydrogens is 336 g/mol. The lowest BCUT2D eigenvalue weighted by Gasteiger charge is -2.13. The van der Waals surface area contributed by atoms with Crippen LogP contribution in [0.2, 0.25) is 0 Å². The van der Waals surface area contributed by atoms with E-state index in [2.05, 4.69) is 19.2 Å². The number of aromatic nitrogens is 3. The summed E-state index contributed by atoms with van der Waals surface area (Å²) < 4.78 is 1.90. The van der Waals surface area contributed by atoms with Crippen LogP contribution in [0.1, 0.15) is 67.7 Å². The molecule has 1 unspecified atom stereocenters. The summed E-state index contributed by atoms with van der Waals surface area (Å²) in [4.78, 5) is 17.9. The van der Waals surface area contributed by atoms with Crippen LogP contribution in [0.3, 0.4) is 0 Å². The van der Waals surface area contributed by atoms with Gasteiger partial charge in [-0.1, -0.05) is 32.0 Å². The molecule has 1 N–H and O–H groups in total. The Balaban J connectivity index is 1.95. The van der Waals surface area contributed by atoms with Crippen LogP contribution >= 0.6 is 0 Å². The lowest BCUT2D eigenvalue weighted by molar-refractivity contribution is 0.0940. The highest BCUT2D eigenvalue weighted by Crippen LogP contribution is 2.43. The molecule has 1 fully saturated rings. The summed E-state index contributed by atoms with van der Waals surface area (Å²) in [7, 11) is 0. The number of hydrogen-bond donors (Lipinski definition) is 1. The van der Waals surface area contributed by atoms with Gasteiger partial charge in [0.2, 0.25) is 0 Å². The van der Waals surface area contributed by atoms with Crippen LogP contribution in [0.25, 0.3) is 16.7 Å². The van der Waals surface area contributed by atoms with E-state index in [0.29, 0.717) is 11.5 Å². The molecule has 4 rings (SSSR count). The standard InChI is InChI=1S/C22H26N4O/c1-4-14(3)23-22(27)18-13-16(5-2)24-21-19(18)20(15-11-12-15)25-26(21)17-9-7-6-8-10-17/h6-10,13-15H,4-5,11-12H2,1-3H3,(H,23,27). The first-order valence-corrected chi connectivity index (χ1v) is 9.91. The molecule has 2 aromatic heterocycles. The minimum Gasteiger partial charge on any atom is -0.350 e. The first kappa shape index (κ1) is 17.7. The van der Waals surface area contributed by atoms with Gasteiger partial charge in [-0.05, 0) is 50.8 Å². The highest BCUT2D eigenvalue weighted by Gasteiger charge is 2.32. The summed E-state index contributed by atoms with van der Waals surface area (Å²) in [5.41, 5.74) is 4.40. The number of fused-ring (bicyclic) bond motifs is 1. The fourth-order valence-electron chi connectivity index (χ4n) is 3.35. The number of nitrogens with zero attached hydrogens (tertiary/aromatic N) is 3. The monoisotopic (exact) mass is 362 g/mol. The van der Waals surface area contributed by atoms with Crippen molar-refractivity contribution in [2.75, 3.05) is 0 Å². The molecule has 1 atom stereocenters. The molecule has 1 amide bonds.